The lowest BCUT2D eigenvalue weighted by molar-refractivity contribution is 0.102. The number of para-hydroxylation sites is 2. The molecule has 3 rings (SSSR count). The smallest absolute Gasteiger partial charge is 0.258 e. The van der Waals surface area contributed by atoms with Gasteiger partial charge < -0.3 is 10.6 Å². The van der Waals surface area contributed by atoms with Crippen LogP contribution in [-0.4, -0.2) is 15.9 Å². The first-order valence-corrected chi connectivity index (χ1v) is 8.13. The van der Waals surface area contributed by atoms with Gasteiger partial charge in [-0.05, 0) is 37.1 Å². The third-order valence-corrected chi connectivity index (χ3v) is 4.08. The predicted molar refractivity (Wildman–Crippen MR) is 101 cm³/mol. The highest BCUT2D eigenvalue weighted by molar-refractivity contribution is 6.33. The van der Waals surface area contributed by atoms with Gasteiger partial charge in [-0.15, -0.1) is 0 Å². The van der Waals surface area contributed by atoms with E-state index in [9.17, 15) is 4.79 Å². The number of carbonyl (C=O) groups is 1. The van der Waals surface area contributed by atoms with Crippen molar-refractivity contribution in [3.8, 4) is 0 Å². The van der Waals surface area contributed by atoms with Gasteiger partial charge in [0.2, 0.25) is 5.95 Å². The summed E-state index contributed by atoms with van der Waals surface area (Å²) < 4.78 is 0. The van der Waals surface area contributed by atoms with Crippen LogP contribution in [0.5, 0.6) is 0 Å². The molecule has 0 fully saturated rings. The number of hydrogen-bond acceptors (Lipinski definition) is 4. The number of nitrogens with zero attached hydrogens (tertiary/aromatic N) is 2. The van der Waals surface area contributed by atoms with E-state index in [0.717, 1.165) is 16.8 Å². The minimum absolute atomic E-state index is 0.313. The molecule has 0 radical (unpaired) electrons. The first-order valence-electron chi connectivity index (χ1n) is 7.76. The Labute approximate surface area is 151 Å². The lowest BCUT2D eigenvalue weighted by Crippen LogP contribution is -2.13. The third-order valence-electron chi connectivity index (χ3n) is 3.75. The summed E-state index contributed by atoms with van der Waals surface area (Å²) in [6.07, 6.45) is 2.96. The Morgan fingerprint density at radius 1 is 0.960 bits per heavy atom. The number of aromatic nitrogens is 2. The van der Waals surface area contributed by atoms with E-state index < -0.39 is 0 Å². The van der Waals surface area contributed by atoms with E-state index in [-0.39, 0.29) is 5.91 Å². The Morgan fingerprint density at radius 3 is 2.24 bits per heavy atom. The number of hydrogen-bond donors (Lipinski definition) is 2. The Balaban J connectivity index is 1.74. The van der Waals surface area contributed by atoms with Crippen LogP contribution < -0.4 is 10.6 Å². The molecule has 0 spiro atoms. The number of rotatable bonds is 4. The van der Waals surface area contributed by atoms with Crippen molar-refractivity contribution in [2.45, 2.75) is 13.8 Å². The monoisotopic (exact) mass is 352 g/mol. The van der Waals surface area contributed by atoms with Crippen LogP contribution in [-0.2, 0) is 0 Å². The van der Waals surface area contributed by atoms with Crippen molar-refractivity contribution in [1.29, 1.82) is 0 Å². The van der Waals surface area contributed by atoms with E-state index in [4.69, 9.17) is 11.6 Å². The summed E-state index contributed by atoms with van der Waals surface area (Å²) in [6.45, 7) is 4.03. The lowest BCUT2D eigenvalue weighted by Gasteiger charge is -2.11. The first kappa shape index (κ1) is 16.9. The fourth-order valence-electron chi connectivity index (χ4n) is 2.39. The topological polar surface area (TPSA) is 66.9 Å². The van der Waals surface area contributed by atoms with Gasteiger partial charge in [-0.2, -0.15) is 0 Å². The van der Waals surface area contributed by atoms with E-state index in [1.54, 1.807) is 24.3 Å². The molecule has 1 heterocycles. The summed E-state index contributed by atoms with van der Waals surface area (Å²) in [5.74, 6) is 0.124. The van der Waals surface area contributed by atoms with Gasteiger partial charge >= 0.3 is 0 Å². The number of carbonyl (C=O) groups excluding carboxylic acids is 1. The number of aryl methyl sites for hydroxylation is 2. The maximum Gasteiger partial charge on any atom is 0.258 e. The highest BCUT2D eigenvalue weighted by Gasteiger charge is 2.10. The molecule has 0 aliphatic heterocycles. The maximum absolute atomic E-state index is 12.3. The van der Waals surface area contributed by atoms with Crippen molar-refractivity contribution in [2.24, 2.45) is 0 Å². The van der Waals surface area contributed by atoms with E-state index in [2.05, 4.69) is 20.6 Å². The van der Waals surface area contributed by atoms with Gasteiger partial charge in [-0.25, -0.2) is 9.97 Å². The summed E-state index contributed by atoms with van der Waals surface area (Å²) >= 11 is 6.04. The van der Waals surface area contributed by atoms with Crippen molar-refractivity contribution in [2.75, 3.05) is 10.6 Å². The Kier molecular flexibility index (Phi) is 4.95. The van der Waals surface area contributed by atoms with Crippen molar-refractivity contribution >= 4 is 34.8 Å². The molecule has 0 atom stereocenters. The lowest BCUT2D eigenvalue weighted by atomic mass is 10.1. The largest absolute Gasteiger partial charge is 0.324 e. The van der Waals surface area contributed by atoms with Crippen LogP contribution in [0.1, 0.15) is 21.5 Å². The molecule has 1 amide bonds. The summed E-state index contributed by atoms with van der Waals surface area (Å²) in [7, 11) is 0. The van der Waals surface area contributed by atoms with Crippen LogP contribution in [0.4, 0.5) is 17.3 Å². The summed E-state index contributed by atoms with van der Waals surface area (Å²) in [4.78, 5) is 20.7. The number of nitrogens with one attached hydrogen (secondary N) is 2. The van der Waals surface area contributed by atoms with Crippen LogP contribution in [0, 0.1) is 13.8 Å². The van der Waals surface area contributed by atoms with E-state index in [1.807, 2.05) is 32.0 Å². The number of benzene rings is 2. The zero-order chi connectivity index (χ0) is 17.8. The maximum atomic E-state index is 12.3. The average molecular weight is 353 g/mol. The molecule has 3 aromatic rings. The second-order valence-corrected chi connectivity index (χ2v) is 6.03. The van der Waals surface area contributed by atoms with Gasteiger partial charge in [-0.1, -0.05) is 41.9 Å². The molecule has 126 valence electrons. The van der Waals surface area contributed by atoms with Crippen molar-refractivity contribution in [3.63, 3.8) is 0 Å². The summed E-state index contributed by atoms with van der Waals surface area (Å²) in [5, 5.41) is 6.41. The predicted octanol–water partition coefficient (Wildman–Crippen LogP) is 4.74. The highest BCUT2D eigenvalue weighted by atomic mass is 35.5. The van der Waals surface area contributed by atoms with Crippen molar-refractivity contribution in [1.82, 2.24) is 9.97 Å². The second kappa shape index (κ2) is 7.32. The second-order valence-electron chi connectivity index (χ2n) is 5.62. The van der Waals surface area contributed by atoms with Crippen LogP contribution >= 0.6 is 11.6 Å². The number of anilines is 3. The van der Waals surface area contributed by atoms with E-state index in [0.29, 0.717) is 22.2 Å². The Morgan fingerprint density at radius 2 is 1.60 bits per heavy atom. The molecular formula is C19H17ClN4O. The third kappa shape index (κ3) is 3.95. The Bertz CT molecular complexity index is 889. The fraction of sp³-hybridized carbons (Fsp3) is 0.105. The Hall–Kier alpha value is -2.92. The van der Waals surface area contributed by atoms with E-state index in [1.165, 1.54) is 12.4 Å². The highest BCUT2D eigenvalue weighted by Crippen LogP contribution is 2.23. The molecule has 0 saturated heterocycles. The molecule has 0 unspecified atom stereocenters. The zero-order valence-corrected chi connectivity index (χ0v) is 14.6. The minimum atomic E-state index is -0.313. The average Bonchev–Trinajstić information content (AvgIpc) is 2.61. The molecule has 0 bridgehead atoms. The standard InChI is InChI=1S/C19H17ClN4O/c1-12-6-5-7-13(2)17(12)24-19-21-10-14(11-22-19)18(25)23-16-9-4-3-8-15(16)20/h3-11H,1-2H3,(H,23,25)(H,21,22,24). The van der Waals surface area contributed by atoms with Crippen LogP contribution in [0.15, 0.2) is 54.9 Å². The molecular weight excluding hydrogens is 336 g/mol. The van der Waals surface area contributed by atoms with Crippen LogP contribution in [0.3, 0.4) is 0 Å². The van der Waals surface area contributed by atoms with Gasteiger partial charge in [0.05, 0.1) is 16.3 Å². The number of amides is 1. The quantitative estimate of drug-likeness (QED) is 0.711. The van der Waals surface area contributed by atoms with Gasteiger partial charge in [0.15, 0.2) is 0 Å². The number of halogens is 1. The summed E-state index contributed by atoms with van der Waals surface area (Å²) in [5.41, 5.74) is 4.07. The molecule has 6 heteroatoms. The minimum Gasteiger partial charge on any atom is -0.324 e. The first-order chi connectivity index (χ1) is 12.0. The molecule has 1 aromatic heterocycles. The van der Waals surface area contributed by atoms with Crippen molar-refractivity contribution < 1.29 is 4.79 Å². The van der Waals surface area contributed by atoms with Crippen LogP contribution in [0.25, 0.3) is 0 Å². The molecule has 25 heavy (non-hydrogen) atoms. The zero-order valence-electron chi connectivity index (χ0n) is 13.9. The normalized spacial score (nSPS) is 10.4. The molecule has 0 saturated carbocycles. The van der Waals surface area contributed by atoms with Gasteiger partial charge in [0.1, 0.15) is 0 Å². The van der Waals surface area contributed by atoms with Crippen LogP contribution in [0.2, 0.25) is 5.02 Å². The van der Waals surface area contributed by atoms with Gasteiger partial charge in [-0.3, -0.25) is 4.79 Å². The van der Waals surface area contributed by atoms with Gasteiger partial charge in [0, 0.05) is 18.1 Å². The summed E-state index contributed by atoms with van der Waals surface area (Å²) in [6, 6.07) is 13.1. The fourth-order valence-corrected chi connectivity index (χ4v) is 2.57. The molecule has 0 aliphatic rings. The van der Waals surface area contributed by atoms with Gasteiger partial charge in [0.25, 0.3) is 5.91 Å². The molecule has 0 aliphatic carbocycles. The molecule has 2 N–H and O–H groups in total. The van der Waals surface area contributed by atoms with E-state index >= 15 is 0 Å². The molecule has 2 aromatic carbocycles. The molecule has 5 nitrogen and oxygen atoms in total. The van der Waals surface area contributed by atoms with Crippen molar-refractivity contribution in [3.05, 3.63) is 76.6 Å². The SMILES string of the molecule is Cc1cccc(C)c1Nc1ncc(C(=O)Nc2ccccc2Cl)cn1.